The SMILES string of the molecule is CN=C(NCCCOCC(C)C)NCCNC(=O)c1scnc1C. The Balaban J connectivity index is 2.10. The van der Waals surface area contributed by atoms with E-state index in [2.05, 4.69) is 39.8 Å². The minimum absolute atomic E-state index is 0.0814. The minimum Gasteiger partial charge on any atom is -0.381 e. The van der Waals surface area contributed by atoms with Gasteiger partial charge in [0.1, 0.15) is 4.88 Å². The van der Waals surface area contributed by atoms with Crippen LogP contribution in [0.4, 0.5) is 0 Å². The molecule has 1 rings (SSSR count). The Bertz CT molecular complexity index is 516. The summed E-state index contributed by atoms with van der Waals surface area (Å²) in [4.78, 5) is 20.8. The van der Waals surface area contributed by atoms with Gasteiger partial charge in [-0.15, -0.1) is 11.3 Å². The molecule has 0 saturated heterocycles. The Labute approximate surface area is 148 Å². The molecule has 0 bridgehead atoms. The molecule has 0 unspecified atom stereocenters. The maximum Gasteiger partial charge on any atom is 0.263 e. The first-order valence-corrected chi connectivity index (χ1v) is 9.13. The van der Waals surface area contributed by atoms with Gasteiger partial charge in [0.05, 0.1) is 11.2 Å². The van der Waals surface area contributed by atoms with Crippen molar-refractivity contribution in [2.45, 2.75) is 27.2 Å². The summed E-state index contributed by atoms with van der Waals surface area (Å²) in [6.07, 6.45) is 0.925. The first-order valence-electron chi connectivity index (χ1n) is 8.25. The van der Waals surface area contributed by atoms with Crippen LogP contribution in [0.2, 0.25) is 0 Å². The van der Waals surface area contributed by atoms with E-state index in [0.717, 1.165) is 37.8 Å². The van der Waals surface area contributed by atoms with Gasteiger partial charge in [-0.1, -0.05) is 13.8 Å². The molecule has 3 N–H and O–H groups in total. The first-order chi connectivity index (χ1) is 11.5. The molecule has 24 heavy (non-hydrogen) atoms. The van der Waals surface area contributed by atoms with E-state index in [-0.39, 0.29) is 5.91 Å². The highest BCUT2D eigenvalue weighted by Gasteiger charge is 2.10. The predicted octanol–water partition coefficient (Wildman–Crippen LogP) is 1.41. The highest BCUT2D eigenvalue weighted by Crippen LogP contribution is 2.10. The smallest absolute Gasteiger partial charge is 0.263 e. The zero-order valence-electron chi connectivity index (χ0n) is 15.0. The van der Waals surface area contributed by atoms with Gasteiger partial charge in [0, 0.05) is 39.9 Å². The van der Waals surface area contributed by atoms with E-state index in [1.54, 1.807) is 12.6 Å². The van der Waals surface area contributed by atoms with Crippen LogP contribution in [0.5, 0.6) is 0 Å². The van der Waals surface area contributed by atoms with E-state index < -0.39 is 0 Å². The number of aliphatic imine (C=N–C) groups is 1. The summed E-state index contributed by atoms with van der Waals surface area (Å²) in [5.74, 6) is 1.21. The zero-order chi connectivity index (χ0) is 17.8. The van der Waals surface area contributed by atoms with Gasteiger partial charge in [-0.2, -0.15) is 0 Å². The van der Waals surface area contributed by atoms with E-state index in [1.165, 1.54) is 11.3 Å². The fraction of sp³-hybridized carbons (Fsp3) is 0.688. The third-order valence-corrected chi connectivity index (χ3v) is 4.01. The molecule has 0 aliphatic carbocycles. The molecular weight excluding hydrogens is 326 g/mol. The molecular formula is C16H29N5O2S. The Morgan fingerprint density at radius 2 is 2.00 bits per heavy atom. The van der Waals surface area contributed by atoms with Crippen molar-refractivity contribution in [3.8, 4) is 0 Å². The van der Waals surface area contributed by atoms with Gasteiger partial charge in [0.15, 0.2) is 5.96 Å². The van der Waals surface area contributed by atoms with Gasteiger partial charge in [-0.3, -0.25) is 9.79 Å². The summed E-state index contributed by atoms with van der Waals surface area (Å²) in [5.41, 5.74) is 2.45. The molecule has 1 aromatic heterocycles. The number of thiazole rings is 1. The number of guanidine groups is 1. The molecule has 1 amide bonds. The number of nitrogens with one attached hydrogen (secondary N) is 3. The fourth-order valence-electron chi connectivity index (χ4n) is 1.88. The summed E-state index contributed by atoms with van der Waals surface area (Å²) in [5, 5.41) is 9.25. The molecule has 0 aliphatic heterocycles. The topological polar surface area (TPSA) is 87.6 Å². The second kappa shape index (κ2) is 11.8. The lowest BCUT2D eigenvalue weighted by molar-refractivity contribution is 0.0957. The summed E-state index contributed by atoms with van der Waals surface area (Å²) < 4.78 is 5.53. The normalized spacial score (nSPS) is 11.6. The second-order valence-electron chi connectivity index (χ2n) is 5.77. The summed E-state index contributed by atoms with van der Waals surface area (Å²) in [6, 6.07) is 0. The third kappa shape index (κ3) is 8.26. The van der Waals surface area contributed by atoms with Gasteiger partial charge >= 0.3 is 0 Å². The summed E-state index contributed by atoms with van der Waals surface area (Å²) >= 11 is 1.35. The molecule has 0 aromatic carbocycles. The van der Waals surface area contributed by atoms with Crippen LogP contribution >= 0.6 is 11.3 Å². The highest BCUT2D eigenvalue weighted by molar-refractivity contribution is 7.11. The number of hydrogen-bond donors (Lipinski definition) is 3. The second-order valence-corrected chi connectivity index (χ2v) is 6.63. The van der Waals surface area contributed by atoms with Gasteiger partial charge in [-0.25, -0.2) is 4.98 Å². The maximum absolute atomic E-state index is 11.9. The number of aryl methyl sites for hydroxylation is 1. The van der Waals surface area contributed by atoms with Crippen molar-refractivity contribution in [1.29, 1.82) is 0 Å². The molecule has 7 nitrogen and oxygen atoms in total. The largest absolute Gasteiger partial charge is 0.381 e. The van der Waals surface area contributed by atoms with Crippen molar-refractivity contribution in [1.82, 2.24) is 20.9 Å². The van der Waals surface area contributed by atoms with Crippen molar-refractivity contribution < 1.29 is 9.53 Å². The quantitative estimate of drug-likeness (QED) is 0.336. The van der Waals surface area contributed by atoms with Crippen LogP contribution in [0.1, 0.15) is 35.6 Å². The molecule has 8 heteroatoms. The van der Waals surface area contributed by atoms with E-state index in [0.29, 0.717) is 23.9 Å². The number of carbonyl (C=O) groups excluding carboxylic acids is 1. The summed E-state index contributed by atoms with van der Waals surface area (Å²) in [6.45, 7) is 9.57. The van der Waals surface area contributed by atoms with Crippen molar-refractivity contribution in [2.24, 2.45) is 10.9 Å². The van der Waals surface area contributed by atoms with Gasteiger partial charge < -0.3 is 20.7 Å². The van der Waals surface area contributed by atoms with E-state index >= 15 is 0 Å². The van der Waals surface area contributed by atoms with Crippen LogP contribution in [0.25, 0.3) is 0 Å². The lowest BCUT2D eigenvalue weighted by Gasteiger charge is -2.12. The molecule has 1 aromatic rings. The average molecular weight is 356 g/mol. The number of rotatable bonds is 10. The Hall–Kier alpha value is -1.67. The van der Waals surface area contributed by atoms with Crippen LogP contribution < -0.4 is 16.0 Å². The number of nitrogens with zero attached hydrogens (tertiary/aromatic N) is 2. The molecule has 0 radical (unpaired) electrons. The first kappa shape index (κ1) is 20.4. The number of hydrogen-bond acceptors (Lipinski definition) is 5. The molecule has 0 fully saturated rings. The monoisotopic (exact) mass is 355 g/mol. The third-order valence-electron chi connectivity index (χ3n) is 3.09. The van der Waals surface area contributed by atoms with Gasteiger partial charge in [0.25, 0.3) is 5.91 Å². The van der Waals surface area contributed by atoms with Crippen LogP contribution in [0, 0.1) is 12.8 Å². The van der Waals surface area contributed by atoms with Gasteiger partial charge in [-0.05, 0) is 19.3 Å². The highest BCUT2D eigenvalue weighted by atomic mass is 32.1. The maximum atomic E-state index is 11.9. The van der Waals surface area contributed by atoms with E-state index in [9.17, 15) is 4.79 Å². The Morgan fingerprint density at radius 1 is 1.29 bits per heavy atom. The average Bonchev–Trinajstić information content (AvgIpc) is 2.98. The molecule has 0 aliphatic rings. The minimum atomic E-state index is -0.0814. The Kier molecular flexibility index (Phi) is 10.0. The standard InChI is InChI=1S/C16H29N5O2S/c1-12(2)10-23-9-5-6-19-16(17-4)20-8-7-18-15(22)14-13(3)21-11-24-14/h11-12H,5-10H2,1-4H3,(H,18,22)(H2,17,19,20). The lowest BCUT2D eigenvalue weighted by Crippen LogP contribution is -2.42. The molecule has 0 saturated carbocycles. The molecule has 0 spiro atoms. The van der Waals surface area contributed by atoms with Crippen molar-refractivity contribution >= 4 is 23.2 Å². The van der Waals surface area contributed by atoms with Crippen molar-refractivity contribution in [3.63, 3.8) is 0 Å². The molecule has 0 atom stereocenters. The molecule has 136 valence electrons. The van der Waals surface area contributed by atoms with Crippen molar-refractivity contribution in [3.05, 3.63) is 16.1 Å². The number of ether oxygens (including phenoxy) is 1. The number of aromatic nitrogens is 1. The number of carbonyl (C=O) groups is 1. The molecule has 1 heterocycles. The summed E-state index contributed by atoms with van der Waals surface area (Å²) in [7, 11) is 1.73. The predicted molar refractivity (Wildman–Crippen MR) is 98.8 cm³/mol. The zero-order valence-corrected chi connectivity index (χ0v) is 15.8. The van der Waals surface area contributed by atoms with Crippen LogP contribution in [-0.2, 0) is 4.74 Å². The van der Waals surface area contributed by atoms with E-state index in [4.69, 9.17) is 4.74 Å². The van der Waals surface area contributed by atoms with E-state index in [1.807, 2.05) is 6.92 Å². The Morgan fingerprint density at radius 3 is 2.62 bits per heavy atom. The van der Waals surface area contributed by atoms with Crippen LogP contribution in [-0.4, -0.2) is 56.7 Å². The van der Waals surface area contributed by atoms with Crippen LogP contribution in [0.3, 0.4) is 0 Å². The fourth-order valence-corrected chi connectivity index (χ4v) is 2.60. The number of amides is 1. The lowest BCUT2D eigenvalue weighted by atomic mass is 10.2. The van der Waals surface area contributed by atoms with Crippen molar-refractivity contribution in [2.75, 3.05) is 39.9 Å². The van der Waals surface area contributed by atoms with Crippen LogP contribution in [0.15, 0.2) is 10.5 Å². The van der Waals surface area contributed by atoms with Gasteiger partial charge in [0.2, 0.25) is 0 Å².